The van der Waals surface area contributed by atoms with Gasteiger partial charge in [-0.1, -0.05) is 24.6 Å². The van der Waals surface area contributed by atoms with Crippen LogP contribution in [0.15, 0.2) is 23.2 Å². The third kappa shape index (κ3) is 1.75. The summed E-state index contributed by atoms with van der Waals surface area (Å²) >= 11 is 5.95. The van der Waals surface area contributed by atoms with Gasteiger partial charge in [-0.2, -0.15) is 0 Å². The summed E-state index contributed by atoms with van der Waals surface area (Å²) in [7, 11) is 0. The van der Waals surface area contributed by atoms with Gasteiger partial charge in [-0.3, -0.25) is 4.99 Å². The fourth-order valence-corrected chi connectivity index (χ4v) is 1.90. The smallest absolute Gasteiger partial charge is 0.0426 e. The minimum absolute atomic E-state index is 0.399. The lowest BCUT2D eigenvalue weighted by atomic mass is 9.96. The predicted molar refractivity (Wildman–Crippen MR) is 56.9 cm³/mol. The van der Waals surface area contributed by atoms with Gasteiger partial charge >= 0.3 is 0 Å². The summed E-state index contributed by atoms with van der Waals surface area (Å²) in [4.78, 5) is 4.33. The first-order valence-electron chi connectivity index (χ1n) is 4.55. The number of benzene rings is 1. The molecule has 1 aromatic carbocycles. The summed E-state index contributed by atoms with van der Waals surface area (Å²) in [6.45, 7) is 3.06. The Bertz CT molecular complexity index is 344. The summed E-state index contributed by atoms with van der Waals surface area (Å²) in [6.07, 6.45) is 3.05. The standard InChI is InChI=1S/C11H12ClN/c1-8-7-13-5-4-9-2-3-10(12)6-11(8)9/h2-3,6-8H,4-5H2,1H3. The second kappa shape index (κ2) is 3.51. The minimum Gasteiger partial charge on any atom is -0.297 e. The number of hydrogen-bond acceptors (Lipinski definition) is 1. The quantitative estimate of drug-likeness (QED) is 0.601. The van der Waals surface area contributed by atoms with Crippen LogP contribution in [-0.2, 0) is 6.42 Å². The van der Waals surface area contributed by atoms with Crippen LogP contribution in [0.1, 0.15) is 24.0 Å². The van der Waals surface area contributed by atoms with Crippen molar-refractivity contribution in [2.45, 2.75) is 19.3 Å². The highest BCUT2D eigenvalue weighted by Gasteiger charge is 2.11. The second-order valence-electron chi connectivity index (χ2n) is 3.44. The van der Waals surface area contributed by atoms with Gasteiger partial charge in [0.2, 0.25) is 0 Å². The molecule has 1 atom stereocenters. The van der Waals surface area contributed by atoms with Crippen molar-refractivity contribution in [1.29, 1.82) is 0 Å². The van der Waals surface area contributed by atoms with E-state index in [0.29, 0.717) is 5.92 Å². The van der Waals surface area contributed by atoms with Gasteiger partial charge in [-0.05, 0) is 29.7 Å². The van der Waals surface area contributed by atoms with E-state index in [-0.39, 0.29) is 0 Å². The Balaban J connectivity index is 2.49. The molecule has 0 saturated heterocycles. The number of halogens is 1. The lowest BCUT2D eigenvalue weighted by molar-refractivity contribution is 0.968. The Morgan fingerprint density at radius 2 is 2.31 bits per heavy atom. The van der Waals surface area contributed by atoms with E-state index < -0.39 is 0 Å². The fourth-order valence-electron chi connectivity index (χ4n) is 1.72. The Kier molecular flexibility index (Phi) is 2.36. The Morgan fingerprint density at radius 3 is 3.15 bits per heavy atom. The molecule has 13 heavy (non-hydrogen) atoms. The number of aliphatic imine (C=N–C) groups is 1. The van der Waals surface area contributed by atoms with Crippen molar-refractivity contribution in [3.8, 4) is 0 Å². The monoisotopic (exact) mass is 193 g/mol. The highest BCUT2D eigenvalue weighted by Crippen LogP contribution is 2.24. The van der Waals surface area contributed by atoms with Gasteiger partial charge in [-0.15, -0.1) is 0 Å². The van der Waals surface area contributed by atoms with E-state index in [1.54, 1.807) is 0 Å². The maximum Gasteiger partial charge on any atom is 0.0426 e. The normalized spacial score (nSPS) is 20.9. The van der Waals surface area contributed by atoms with Gasteiger partial charge in [0.1, 0.15) is 0 Å². The summed E-state index contributed by atoms with van der Waals surface area (Å²) in [5.41, 5.74) is 2.71. The molecular weight excluding hydrogens is 182 g/mol. The van der Waals surface area contributed by atoms with Crippen molar-refractivity contribution in [3.05, 3.63) is 34.3 Å². The number of hydrogen-bond donors (Lipinski definition) is 0. The van der Waals surface area contributed by atoms with Crippen LogP contribution in [-0.4, -0.2) is 12.8 Å². The van der Waals surface area contributed by atoms with Crippen LogP contribution in [0.2, 0.25) is 5.02 Å². The van der Waals surface area contributed by atoms with E-state index in [0.717, 1.165) is 18.0 Å². The van der Waals surface area contributed by atoms with Crippen LogP contribution in [0.25, 0.3) is 0 Å². The molecule has 0 aliphatic carbocycles. The lowest BCUT2D eigenvalue weighted by Gasteiger charge is -2.09. The fraction of sp³-hybridized carbons (Fsp3) is 0.364. The Morgan fingerprint density at radius 1 is 1.46 bits per heavy atom. The van der Waals surface area contributed by atoms with E-state index in [1.165, 1.54) is 11.1 Å². The highest BCUT2D eigenvalue weighted by atomic mass is 35.5. The van der Waals surface area contributed by atoms with Crippen LogP contribution in [0.4, 0.5) is 0 Å². The molecule has 1 aromatic rings. The summed E-state index contributed by atoms with van der Waals surface area (Å²) in [5, 5.41) is 0.820. The SMILES string of the molecule is CC1C=NCCc2ccc(Cl)cc21. The van der Waals surface area contributed by atoms with Gasteiger partial charge in [0.25, 0.3) is 0 Å². The molecule has 0 radical (unpaired) electrons. The molecule has 0 aromatic heterocycles. The van der Waals surface area contributed by atoms with Gasteiger partial charge in [0.15, 0.2) is 0 Å². The zero-order valence-electron chi connectivity index (χ0n) is 7.63. The highest BCUT2D eigenvalue weighted by molar-refractivity contribution is 6.30. The molecule has 2 heteroatoms. The number of rotatable bonds is 0. The van der Waals surface area contributed by atoms with E-state index in [4.69, 9.17) is 11.6 Å². The molecule has 0 amide bonds. The topological polar surface area (TPSA) is 12.4 Å². The second-order valence-corrected chi connectivity index (χ2v) is 3.87. The molecule has 0 saturated carbocycles. The third-order valence-electron chi connectivity index (χ3n) is 2.44. The molecule has 1 aliphatic heterocycles. The van der Waals surface area contributed by atoms with E-state index in [9.17, 15) is 0 Å². The van der Waals surface area contributed by atoms with E-state index >= 15 is 0 Å². The van der Waals surface area contributed by atoms with Crippen molar-refractivity contribution in [2.24, 2.45) is 4.99 Å². The molecule has 0 fully saturated rings. The molecule has 1 heterocycles. The van der Waals surface area contributed by atoms with Gasteiger partial charge < -0.3 is 0 Å². The zero-order chi connectivity index (χ0) is 9.26. The first-order chi connectivity index (χ1) is 6.27. The molecular formula is C11H12ClN. The van der Waals surface area contributed by atoms with Crippen molar-refractivity contribution >= 4 is 17.8 Å². The average Bonchev–Trinajstić information content (AvgIpc) is 2.29. The van der Waals surface area contributed by atoms with E-state index in [1.807, 2.05) is 12.3 Å². The van der Waals surface area contributed by atoms with E-state index in [2.05, 4.69) is 24.0 Å². The Hall–Kier alpha value is -0.820. The van der Waals surface area contributed by atoms with Crippen molar-refractivity contribution in [1.82, 2.24) is 0 Å². The molecule has 1 aliphatic rings. The molecule has 2 rings (SSSR count). The first kappa shape index (κ1) is 8.76. The summed E-state index contributed by atoms with van der Waals surface area (Å²) in [5.74, 6) is 0.399. The summed E-state index contributed by atoms with van der Waals surface area (Å²) in [6, 6.07) is 6.13. The van der Waals surface area contributed by atoms with Crippen molar-refractivity contribution in [2.75, 3.05) is 6.54 Å². The van der Waals surface area contributed by atoms with Crippen LogP contribution in [0.5, 0.6) is 0 Å². The molecule has 0 spiro atoms. The number of nitrogens with zero attached hydrogens (tertiary/aromatic N) is 1. The number of fused-ring (bicyclic) bond motifs is 1. The van der Waals surface area contributed by atoms with Crippen molar-refractivity contribution < 1.29 is 0 Å². The first-order valence-corrected chi connectivity index (χ1v) is 4.93. The predicted octanol–water partition coefficient (Wildman–Crippen LogP) is 3.07. The Labute approximate surface area is 83.4 Å². The van der Waals surface area contributed by atoms with Gasteiger partial charge in [0.05, 0.1) is 0 Å². The largest absolute Gasteiger partial charge is 0.297 e. The molecule has 1 unspecified atom stereocenters. The molecule has 1 nitrogen and oxygen atoms in total. The maximum atomic E-state index is 5.95. The van der Waals surface area contributed by atoms with Crippen LogP contribution >= 0.6 is 11.6 Å². The third-order valence-corrected chi connectivity index (χ3v) is 2.67. The van der Waals surface area contributed by atoms with Gasteiger partial charge in [0, 0.05) is 23.7 Å². The average molecular weight is 194 g/mol. The maximum absolute atomic E-state index is 5.95. The van der Waals surface area contributed by atoms with Crippen LogP contribution in [0.3, 0.4) is 0 Å². The summed E-state index contributed by atoms with van der Waals surface area (Å²) < 4.78 is 0. The minimum atomic E-state index is 0.399. The lowest BCUT2D eigenvalue weighted by Crippen LogP contribution is -1.97. The molecule has 0 bridgehead atoms. The molecule has 0 N–H and O–H groups in total. The van der Waals surface area contributed by atoms with Crippen molar-refractivity contribution in [3.63, 3.8) is 0 Å². The zero-order valence-corrected chi connectivity index (χ0v) is 8.38. The van der Waals surface area contributed by atoms with Crippen LogP contribution < -0.4 is 0 Å². The van der Waals surface area contributed by atoms with Gasteiger partial charge in [-0.25, -0.2) is 0 Å². The van der Waals surface area contributed by atoms with Crippen LogP contribution in [0, 0.1) is 0 Å². The molecule has 68 valence electrons.